The van der Waals surface area contributed by atoms with Crippen molar-refractivity contribution in [3.05, 3.63) is 64.6 Å². The van der Waals surface area contributed by atoms with Gasteiger partial charge in [0.2, 0.25) is 11.8 Å². The van der Waals surface area contributed by atoms with E-state index in [2.05, 4.69) is 21.2 Å². The zero-order valence-corrected chi connectivity index (χ0v) is 17.3. The molecule has 1 aliphatic rings. The van der Waals surface area contributed by atoms with Crippen LogP contribution >= 0.6 is 15.9 Å². The first-order valence-corrected chi connectivity index (χ1v) is 10.0. The molecule has 0 aromatic heterocycles. The quantitative estimate of drug-likeness (QED) is 0.700. The van der Waals surface area contributed by atoms with Gasteiger partial charge in [-0.05, 0) is 49.2 Å². The average Bonchev–Trinajstić information content (AvgIpc) is 2.73. The molecule has 2 amide bonds. The Morgan fingerprint density at radius 2 is 1.86 bits per heavy atom. The number of nitrogens with one attached hydrogen (secondary N) is 1. The molecule has 0 radical (unpaired) electrons. The van der Waals surface area contributed by atoms with Crippen molar-refractivity contribution in [1.29, 1.82) is 0 Å². The fourth-order valence-electron chi connectivity index (χ4n) is 3.23. The summed E-state index contributed by atoms with van der Waals surface area (Å²) in [6.45, 7) is 1.15. The Balaban J connectivity index is 1.54. The molecule has 0 unspecified atom stereocenters. The molecule has 2 aromatic rings. The number of carbonyl (C=O) groups excluding carboxylic acids is 2. The van der Waals surface area contributed by atoms with Crippen molar-refractivity contribution >= 4 is 39.5 Å². The van der Waals surface area contributed by atoms with Gasteiger partial charge in [0.1, 0.15) is 5.75 Å². The minimum absolute atomic E-state index is 0.0210. The van der Waals surface area contributed by atoms with Crippen molar-refractivity contribution in [2.75, 3.05) is 25.5 Å². The second-order valence-electron chi connectivity index (χ2n) is 6.67. The number of halogens is 1. The summed E-state index contributed by atoms with van der Waals surface area (Å²) in [5.41, 5.74) is 1.64. The molecule has 2 aromatic carbocycles. The number of benzene rings is 2. The Hall–Kier alpha value is -2.60. The first kappa shape index (κ1) is 20.1. The van der Waals surface area contributed by atoms with Crippen molar-refractivity contribution in [2.24, 2.45) is 5.92 Å². The van der Waals surface area contributed by atoms with E-state index in [1.54, 1.807) is 24.2 Å². The van der Waals surface area contributed by atoms with Gasteiger partial charge in [-0.15, -0.1) is 0 Å². The molecule has 1 heterocycles. The van der Waals surface area contributed by atoms with Crippen LogP contribution in [-0.4, -0.2) is 36.9 Å². The molecule has 6 heteroatoms. The van der Waals surface area contributed by atoms with Crippen LogP contribution in [0, 0.1) is 5.92 Å². The molecule has 146 valence electrons. The summed E-state index contributed by atoms with van der Waals surface area (Å²) in [5.74, 6) is 0.610. The van der Waals surface area contributed by atoms with Gasteiger partial charge in [0.25, 0.3) is 0 Å². The Morgan fingerprint density at radius 1 is 1.14 bits per heavy atom. The van der Waals surface area contributed by atoms with E-state index in [0.29, 0.717) is 31.7 Å². The number of hydrogen-bond acceptors (Lipinski definition) is 3. The van der Waals surface area contributed by atoms with Gasteiger partial charge in [-0.3, -0.25) is 9.59 Å². The second kappa shape index (κ2) is 9.55. The van der Waals surface area contributed by atoms with Crippen LogP contribution in [0.4, 0.5) is 5.69 Å². The highest BCUT2D eigenvalue weighted by molar-refractivity contribution is 9.10. The molecule has 1 saturated heterocycles. The number of anilines is 1. The van der Waals surface area contributed by atoms with Crippen molar-refractivity contribution in [1.82, 2.24) is 4.90 Å². The Morgan fingerprint density at radius 3 is 2.54 bits per heavy atom. The standard InChI is InChI=1S/C22H23BrN2O3/c1-28-20-9-8-18(23)15-17(20)7-10-21(26)25-13-11-16(12-14-25)22(27)24-19-5-3-2-4-6-19/h2-10,15-16H,11-14H2,1H3,(H,24,27)/b10-7+. The molecule has 0 spiro atoms. The number of nitrogens with zero attached hydrogens (tertiary/aromatic N) is 1. The fraction of sp³-hybridized carbons (Fsp3) is 0.273. The van der Waals surface area contributed by atoms with Gasteiger partial charge < -0.3 is 15.0 Å². The molecule has 0 bridgehead atoms. The van der Waals surface area contributed by atoms with E-state index in [-0.39, 0.29) is 17.7 Å². The van der Waals surface area contributed by atoms with E-state index in [4.69, 9.17) is 4.74 Å². The lowest BCUT2D eigenvalue weighted by Gasteiger charge is -2.30. The smallest absolute Gasteiger partial charge is 0.246 e. The largest absolute Gasteiger partial charge is 0.496 e. The van der Waals surface area contributed by atoms with E-state index < -0.39 is 0 Å². The minimum Gasteiger partial charge on any atom is -0.496 e. The van der Waals surface area contributed by atoms with Gasteiger partial charge in [-0.25, -0.2) is 0 Å². The summed E-state index contributed by atoms with van der Waals surface area (Å²) in [6.07, 6.45) is 4.66. The fourth-order valence-corrected chi connectivity index (χ4v) is 3.61. The summed E-state index contributed by atoms with van der Waals surface area (Å²) in [7, 11) is 1.60. The highest BCUT2D eigenvalue weighted by atomic mass is 79.9. The highest BCUT2D eigenvalue weighted by Crippen LogP contribution is 2.25. The van der Waals surface area contributed by atoms with Crippen LogP contribution in [0.1, 0.15) is 18.4 Å². The third-order valence-corrected chi connectivity index (χ3v) is 5.31. The van der Waals surface area contributed by atoms with Crippen LogP contribution in [-0.2, 0) is 9.59 Å². The maximum absolute atomic E-state index is 12.5. The SMILES string of the molecule is COc1ccc(Br)cc1/C=C/C(=O)N1CCC(C(=O)Nc2ccccc2)CC1. The number of rotatable bonds is 5. The topological polar surface area (TPSA) is 58.6 Å². The number of amides is 2. The molecule has 5 nitrogen and oxygen atoms in total. The van der Waals surface area contributed by atoms with Crippen molar-refractivity contribution < 1.29 is 14.3 Å². The molecule has 0 saturated carbocycles. The second-order valence-corrected chi connectivity index (χ2v) is 7.59. The van der Waals surface area contributed by atoms with Gasteiger partial charge >= 0.3 is 0 Å². The number of methoxy groups -OCH3 is 1. The summed E-state index contributed by atoms with van der Waals surface area (Å²) < 4.78 is 6.25. The zero-order valence-electron chi connectivity index (χ0n) is 15.7. The van der Waals surface area contributed by atoms with E-state index in [0.717, 1.165) is 15.7 Å². The Kier molecular flexibility index (Phi) is 6.87. The molecular weight excluding hydrogens is 420 g/mol. The molecule has 0 aliphatic carbocycles. The lowest BCUT2D eigenvalue weighted by Crippen LogP contribution is -2.40. The Bertz CT molecular complexity index is 859. The van der Waals surface area contributed by atoms with E-state index in [1.807, 2.05) is 48.5 Å². The van der Waals surface area contributed by atoms with Crippen LogP contribution < -0.4 is 10.1 Å². The zero-order chi connectivity index (χ0) is 19.9. The van der Waals surface area contributed by atoms with E-state index in [9.17, 15) is 9.59 Å². The van der Waals surface area contributed by atoms with Gasteiger partial charge in [-0.2, -0.15) is 0 Å². The van der Waals surface area contributed by atoms with Crippen LogP contribution in [0.3, 0.4) is 0 Å². The molecule has 0 atom stereocenters. The molecule has 3 rings (SSSR count). The number of ether oxygens (including phenoxy) is 1. The average molecular weight is 443 g/mol. The molecule has 1 aliphatic heterocycles. The van der Waals surface area contributed by atoms with Crippen LogP contribution in [0.25, 0.3) is 6.08 Å². The summed E-state index contributed by atoms with van der Waals surface area (Å²) in [6, 6.07) is 15.1. The maximum atomic E-state index is 12.5. The maximum Gasteiger partial charge on any atom is 0.246 e. The minimum atomic E-state index is -0.0709. The van der Waals surface area contributed by atoms with Gasteiger partial charge in [-0.1, -0.05) is 34.1 Å². The summed E-state index contributed by atoms with van der Waals surface area (Å²) in [5, 5.41) is 2.95. The number of likely N-dealkylation sites (tertiary alicyclic amines) is 1. The molecule has 28 heavy (non-hydrogen) atoms. The van der Waals surface area contributed by atoms with Gasteiger partial charge in [0, 0.05) is 40.8 Å². The van der Waals surface area contributed by atoms with Gasteiger partial charge in [0.05, 0.1) is 7.11 Å². The normalized spacial score (nSPS) is 14.9. The van der Waals surface area contributed by atoms with Crippen LogP contribution in [0.2, 0.25) is 0 Å². The van der Waals surface area contributed by atoms with Crippen LogP contribution in [0.5, 0.6) is 5.75 Å². The number of piperidine rings is 1. The predicted octanol–water partition coefficient (Wildman–Crippen LogP) is 4.35. The third-order valence-electron chi connectivity index (χ3n) is 4.82. The summed E-state index contributed by atoms with van der Waals surface area (Å²) >= 11 is 3.43. The third kappa shape index (κ3) is 5.23. The van der Waals surface area contributed by atoms with E-state index >= 15 is 0 Å². The lowest BCUT2D eigenvalue weighted by molar-refractivity contribution is -0.130. The Labute approximate surface area is 173 Å². The van der Waals surface area contributed by atoms with Crippen molar-refractivity contribution in [3.8, 4) is 5.75 Å². The molecule has 1 fully saturated rings. The number of hydrogen-bond donors (Lipinski definition) is 1. The highest BCUT2D eigenvalue weighted by Gasteiger charge is 2.26. The molecule has 1 N–H and O–H groups in total. The number of carbonyl (C=O) groups is 2. The van der Waals surface area contributed by atoms with Crippen LogP contribution in [0.15, 0.2) is 59.1 Å². The van der Waals surface area contributed by atoms with Gasteiger partial charge in [0.15, 0.2) is 0 Å². The monoisotopic (exact) mass is 442 g/mol. The summed E-state index contributed by atoms with van der Waals surface area (Å²) in [4.78, 5) is 26.7. The lowest BCUT2D eigenvalue weighted by atomic mass is 9.95. The molecular formula is C22H23BrN2O3. The first-order chi connectivity index (χ1) is 13.6. The van der Waals surface area contributed by atoms with Crippen molar-refractivity contribution in [2.45, 2.75) is 12.8 Å². The van der Waals surface area contributed by atoms with E-state index in [1.165, 1.54) is 0 Å². The predicted molar refractivity (Wildman–Crippen MR) is 114 cm³/mol. The number of para-hydroxylation sites is 1. The first-order valence-electron chi connectivity index (χ1n) is 9.23. The van der Waals surface area contributed by atoms with Crippen molar-refractivity contribution in [3.63, 3.8) is 0 Å².